The van der Waals surface area contributed by atoms with E-state index in [1.54, 1.807) is 0 Å². The van der Waals surface area contributed by atoms with Gasteiger partial charge >= 0.3 is 5.51 Å². The molecule has 0 aliphatic carbocycles. The molecule has 0 amide bonds. The van der Waals surface area contributed by atoms with Gasteiger partial charge in [0.2, 0.25) is 0 Å². The summed E-state index contributed by atoms with van der Waals surface area (Å²) in [6.45, 7) is 0. The highest BCUT2D eigenvalue weighted by molar-refractivity contribution is 7.96. The zero-order chi connectivity index (χ0) is 30.1. The predicted octanol–water partition coefficient (Wildman–Crippen LogP) is 7.49. The van der Waals surface area contributed by atoms with Crippen LogP contribution in [0.2, 0.25) is 0 Å². The fraction of sp³-hybridized carbons (Fsp3) is 0.0588. The average Bonchev–Trinajstić information content (AvgIpc) is 3.01. The molecular formula is C34H28F3O3PS. The van der Waals surface area contributed by atoms with E-state index in [1.165, 1.54) is 27.0 Å². The standard InChI is InChI=1S/C33H28P.CHF3O3S/c1-6-16-28(17-7-1)26-27-33(29-18-8-2-9-19-29)34(30-20-10-3-11-21-30,31-22-12-4-13-23-31)32-24-14-5-15-25-32;2-1(3,4)8(5,6)7/h1-27,33H;(H,5,6,7)/q+1;/p-1/b27-26+;. The van der Waals surface area contributed by atoms with Gasteiger partial charge in [0, 0.05) is 0 Å². The van der Waals surface area contributed by atoms with Crippen molar-refractivity contribution in [3.05, 3.63) is 169 Å². The molecule has 1 atom stereocenters. The number of rotatable bonds is 7. The van der Waals surface area contributed by atoms with Gasteiger partial charge in [-0.3, -0.25) is 0 Å². The van der Waals surface area contributed by atoms with Gasteiger partial charge in [-0.05, 0) is 53.6 Å². The normalized spacial score (nSPS) is 12.8. The van der Waals surface area contributed by atoms with E-state index in [1.807, 2.05) is 0 Å². The molecule has 0 saturated carbocycles. The van der Waals surface area contributed by atoms with Crippen molar-refractivity contribution in [1.29, 1.82) is 0 Å². The molecule has 0 spiro atoms. The number of hydrogen-bond acceptors (Lipinski definition) is 3. The summed E-state index contributed by atoms with van der Waals surface area (Å²) in [5.41, 5.74) is -2.91. The summed E-state index contributed by atoms with van der Waals surface area (Å²) < 4.78 is 58.9. The second kappa shape index (κ2) is 13.8. The highest BCUT2D eigenvalue weighted by Crippen LogP contribution is 2.67. The molecule has 214 valence electrons. The van der Waals surface area contributed by atoms with E-state index in [2.05, 4.69) is 164 Å². The van der Waals surface area contributed by atoms with E-state index < -0.39 is 22.9 Å². The Morgan fingerprint density at radius 2 is 0.881 bits per heavy atom. The minimum absolute atomic E-state index is 0.182. The summed E-state index contributed by atoms with van der Waals surface area (Å²) >= 11 is 0. The minimum Gasteiger partial charge on any atom is -0.741 e. The van der Waals surface area contributed by atoms with E-state index in [-0.39, 0.29) is 5.66 Å². The van der Waals surface area contributed by atoms with Gasteiger partial charge < -0.3 is 4.55 Å². The Hall–Kier alpha value is -4.03. The summed E-state index contributed by atoms with van der Waals surface area (Å²) in [6.07, 6.45) is 4.73. The Morgan fingerprint density at radius 3 is 1.21 bits per heavy atom. The van der Waals surface area contributed by atoms with Crippen LogP contribution < -0.4 is 15.9 Å². The zero-order valence-electron chi connectivity index (χ0n) is 22.4. The van der Waals surface area contributed by atoms with Gasteiger partial charge in [-0.25, -0.2) is 8.42 Å². The van der Waals surface area contributed by atoms with Crippen molar-refractivity contribution in [2.45, 2.75) is 11.2 Å². The Morgan fingerprint density at radius 1 is 0.571 bits per heavy atom. The molecule has 5 aromatic rings. The van der Waals surface area contributed by atoms with Crippen LogP contribution >= 0.6 is 7.26 Å². The number of hydrogen-bond donors (Lipinski definition) is 0. The van der Waals surface area contributed by atoms with Gasteiger partial charge in [-0.1, -0.05) is 121 Å². The van der Waals surface area contributed by atoms with Crippen LogP contribution in [0.5, 0.6) is 0 Å². The fourth-order valence-corrected chi connectivity index (χ4v) is 9.55. The molecular weight excluding hydrogens is 576 g/mol. The highest BCUT2D eigenvalue weighted by atomic mass is 32.2. The summed E-state index contributed by atoms with van der Waals surface area (Å²) in [5.74, 6) is 0. The van der Waals surface area contributed by atoms with Gasteiger partial charge in [0.25, 0.3) is 0 Å². The molecule has 3 nitrogen and oxygen atoms in total. The van der Waals surface area contributed by atoms with Gasteiger partial charge in [0.15, 0.2) is 10.1 Å². The maximum absolute atomic E-state index is 10.7. The van der Waals surface area contributed by atoms with Crippen LogP contribution in [0.25, 0.3) is 6.08 Å². The largest absolute Gasteiger partial charge is 0.741 e. The summed E-state index contributed by atoms with van der Waals surface area (Å²) in [7, 11) is -8.20. The van der Waals surface area contributed by atoms with Crippen LogP contribution in [-0.2, 0) is 10.1 Å². The van der Waals surface area contributed by atoms with Gasteiger partial charge in [0.1, 0.15) is 28.8 Å². The summed E-state index contributed by atoms with van der Waals surface area (Å²) in [4.78, 5) is 0. The van der Waals surface area contributed by atoms with E-state index in [0.717, 1.165) is 0 Å². The Labute approximate surface area is 245 Å². The maximum atomic E-state index is 10.7. The topological polar surface area (TPSA) is 57.2 Å². The monoisotopic (exact) mass is 604 g/mol. The first kappa shape index (κ1) is 30.9. The van der Waals surface area contributed by atoms with Crippen LogP contribution in [0, 0.1) is 0 Å². The quantitative estimate of drug-likeness (QED) is 0.110. The number of halogens is 3. The molecule has 0 heterocycles. The minimum atomic E-state index is -6.09. The Kier molecular flexibility index (Phi) is 10.1. The number of alkyl halides is 3. The lowest BCUT2D eigenvalue weighted by molar-refractivity contribution is -0.0517. The van der Waals surface area contributed by atoms with Crippen LogP contribution in [-0.4, -0.2) is 18.5 Å². The molecule has 0 aliphatic rings. The van der Waals surface area contributed by atoms with E-state index in [9.17, 15) is 13.2 Å². The fourth-order valence-electron chi connectivity index (χ4n) is 4.80. The highest BCUT2D eigenvalue weighted by Gasteiger charge is 2.52. The molecule has 42 heavy (non-hydrogen) atoms. The van der Waals surface area contributed by atoms with Crippen LogP contribution in [0.4, 0.5) is 13.2 Å². The van der Waals surface area contributed by atoms with E-state index in [0.29, 0.717) is 0 Å². The van der Waals surface area contributed by atoms with Crippen molar-refractivity contribution < 1.29 is 26.1 Å². The van der Waals surface area contributed by atoms with Crippen molar-refractivity contribution in [3.63, 3.8) is 0 Å². The second-order valence-electron chi connectivity index (χ2n) is 9.25. The molecule has 1 unspecified atom stereocenters. The third kappa shape index (κ3) is 7.24. The molecule has 5 rings (SSSR count). The van der Waals surface area contributed by atoms with Crippen molar-refractivity contribution in [2.24, 2.45) is 0 Å². The van der Waals surface area contributed by atoms with E-state index >= 15 is 0 Å². The third-order valence-electron chi connectivity index (χ3n) is 6.60. The maximum Gasteiger partial charge on any atom is 0.485 e. The van der Waals surface area contributed by atoms with Gasteiger partial charge in [0.05, 0.1) is 0 Å². The lowest BCUT2D eigenvalue weighted by Crippen LogP contribution is -2.34. The molecule has 0 N–H and O–H groups in total. The summed E-state index contributed by atoms with van der Waals surface area (Å²) in [5, 5.41) is 4.16. The molecule has 0 bridgehead atoms. The lowest BCUT2D eigenvalue weighted by atomic mass is 10.1. The Balaban J connectivity index is 0.000000446. The zero-order valence-corrected chi connectivity index (χ0v) is 24.1. The lowest BCUT2D eigenvalue weighted by Gasteiger charge is -2.33. The van der Waals surface area contributed by atoms with Crippen LogP contribution in [0.15, 0.2) is 158 Å². The van der Waals surface area contributed by atoms with Crippen molar-refractivity contribution in [3.8, 4) is 0 Å². The van der Waals surface area contributed by atoms with Crippen LogP contribution in [0.3, 0.4) is 0 Å². The first-order valence-corrected chi connectivity index (χ1v) is 16.3. The molecule has 0 radical (unpaired) electrons. The number of benzene rings is 5. The molecule has 5 aromatic carbocycles. The van der Waals surface area contributed by atoms with Gasteiger partial charge in [-0.15, -0.1) is 0 Å². The molecule has 0 aromatic heterocycles. The Bertz CT molecular complexity index is 1570. The molecule has 0 aliphatic heterocycles. The smallest absolute Gasteiger partial charge is 0.485 e. The second-order valence-corrected chi connectivity index (χ2v) is 14.2. The molecule has 8 heteroatoms. The molecule has 0 fully saturated rings. The van der Waals surface area contributed by atoms with Crippen molar-refractivity contribution in [2.75, 3.05) is 0 Å². The first-order valence-electron chi connectivity index (χ1n) is 13.0. The molecule has 0 saturated heterocycles. The average molecular weight is 605 g/mol. The first-order chi connectivity index (χ1) is 20.1. The van der Waals surface area contributed by atoms with Crippen molar-refractivity contribution >= 4 is 39.4 Å². The predicted molar refractivity (Wildman–Crippen MR) is 166 cm³/mol. The van der Waals surface area contributed by atoms with Crippen molar-refractivity contribution in [1.82, 2.24) is 0 Å². The van der Waals surface area contributed by atoms with Crippen LogP contribution in [0.1, 0.15) is 16.8 Å². The van der Waals surface area contributed by atoms with Gasteiger partial charge in [-0.2, -0.15) is 13.2 Å². The summed E-state index contributed by atoms with van der Waals surface area (Å²) in [6, 6.07) is 55.0. The number of allylic oxidation sites excluding steroid dienone is 1. The third-order valence-corrected chi connectivity index (χ3v) is 11.8. The van der Waals surface area contributed by atoms with E-state index in [4.69, 9.17) is 13.0 Å². The SMILES string of the molecule is C(=C\C(c1ccccc1)[P+](c1ccccc1)(c1ccccc1)c1ccccc1)/c1ccccc1.O=S(=O)([O-])C(F)(F)F.